The van der Waals surface area contributed by atoms with Gasteiger partial charge in [-0.1, -0.05) is 20.4 Å². The minimum absolute atomic E-state index is 0.0626. The van der Waals surface area contributed by atoms with Crippen molar-refractivity contribution in [2.75, 3.05) is 0 Å². The molecule has 1 aromatic heterocycles. The molecule has 3 heteroatoms. The van der Waals surface area contributed by atoms with Crippen LogP contribution in [0, 0.1) is 0 Å². The maximum absolute atomic E-state index is 11.7. The number of rotatable bonds is 0. The lowest BCUT2D eigenvalue weighted by Crippen LogP contribution is -2.31. The van der Waals surface area contributed by atoms with Gasteiger partial charge in [0.05, 0.1) is 5.69 Å². The first-order chi connectivity index (χ1) is 6.52. The summed E-state index contributed by atoms with van der Waals surface area (Å²) in [5.41, 5.74) is 1.75. The number of hydrogen-bond donors (Lipinski definition) is 0. The third-order valence-corrected chi connectivity index (χ3v) is 2.53. The van der Waals surface area contributed by atoms with E-state index in [2.05, 4.69) is 30.4 Å². The molecule has 0 bridgehead atoms. The molecule has 0 saturated heterocycles. The maximum atomic E-state index is 11.7. The van der Waals surface area contributed by atoms with Crippen molar-refractivity contribution in [3.8, 4) is 0 Å². The molecule has 1 aromatic rings. The van der Waals surface area contributed by atoms with Crippen molar-refractivity contribution in [1.82, 2.24) is 9.97 Å². The first-order valence-corrected chi connectivity index (χ1v) is 4.56. The van der Waals surface area contributed by atoms with Crippen molar-refractivity contribution in [3.05, 3.63) is 35.9 Å². The topological polar surface area (TPSA) is 42.9 Å². The van der Waals surface area contributed by atoms with Gasteiger partial charge in [0.25, 0.3) is 0 Å². The van der Waals surface area contributed by atoms with Gasteiger partial charge in [0.2, 0.25) is 5.78 Å². The van der Waals surface area contributed by atoms with Crippen molar-refractivity contribution in [2.24, 2.45) is 0 Å². The molecule has 0 fully saturated rings. The highest BCUT2D eigenvalue weighted by molar-refractivity contribution is 6.09. The average Bonchev–Trinajstić information content (AvgIpc) is 2.14. The van der Waals surface area contributed by atoms with E-state index in [1.807, 2.05) is 0 Å². The Morgan fingerprint density at radius 1 is 1.36 bits per heavy atom. The summed E-state index contributed by atoms with van der Waals surface area (Å²) in [4.78, 5) is 20.0. The molecule has 2 rings (SSSR count). The zero-order valence-electron chi connectivity index (χ0n) is 8.37. The molecule has 0 saturated carbocycles. The van der Waals surface area contributed by atoms with Gasteiger partial charge in [0, 0.05) is 17.8 Å². The lowest BCUT2D eigenvalue weighted by atomic mass is 9.75. The van der Waals surface area contributed by atoms with Gasteiger partial charge in [0.1, 0.15) is 5.69 Å². The Morgan fingerprint density at radius 3 is 2.71 bits per heavy atom. The number of Topliss-reactive ketones (excluding diaryl/α,β-unsaturated/α-hetero) is 1. The van der Waals surface area contributed by atoms with Crippen LogP contribution in [0.5, 0.6) is 0 Å². The summed E-state index contributed by atoms with van der Waals surface area (Å²) in [5.74, 6) is -0.0626. The fourth-order valence-electron chi connectivity index (χ4n) is 1.86. The standard InChI is InChI=1S/C11H12N2O/c1-7-6-11(2,3)10-8(9(7)14)12-4-5-13-10/h4-5H,1,6H2,2-3H3. The molecular weight excluding hydrogens is 176 g/mol. The zero-order valence-corrected chi connectivity index (χ0v) is 8.37. The molecule has 0 radical (unpaired) electrons. The van der Waals surface area contributed by atoms with Crippen LogP contribution in [-0.4, -0.2) is 15.8 Å². The van der Waals surface area contributed by atoms with E-state index in [0.717, 1.165) is 5.69 Å². The molecule has 0 spiro atoms. The number of hydrogen-bond acceptors (Lipinski definition) is 3. The van der Waals surface area contributed by atoms with E-state index >= 15 is 0 Å². The lowest BCUT2D eigenvalue weighted by Gasteiger charge is -2.30. The van der Waals surface area contributed by atoms with Crippen LogP contribution in [0.15, 0.2) is 24.5 Å². The van der Waals surface area contributed by atoms with Gasteiger partial charge >= 0.3 is 0 Å². The Bertz CT molecular complexity index is 421. The summed E-state index contributed by atoms with van der Waals surface area (Å²) in [5, 5.41) is 0. The highest BCUT2D eigenvalue weighted by Gasteiger charge is 2.36. The Morgan fingerprint density at radius 2 is 2.00 bits per heavy atom. The van der Waals surface area contributed by atoms with Gasteiger partial charge in [-0.25, -0.2) is 4.98 Å². The number of nitrogens with zero attached hydrogens (tertiary/aromatic N) is 2. The van der Waals surface area contributed by atoms with E-state index in [0.29, 0.717) is 17.7 Å². The van der Waals surface area contributed by atoms with Crippen molar-refractivity contribution in [3.63, 3.8) is 0 Å². The molecule has 0 atom stereocenters. The molecule has 14 heavy (non-hydrogen) atoms. The van der Waals surface area contributed by atoms with Crippen LogP contribution in [0.3, 0.4) is 0 Å². The monoisotopic (exact) mass is 188 g/mol. The van der Waals surface area contributed by atoms with Crippen LogP contribution >= 0.6 is 0 Å². The number of aromatic nitrogens is 2. The smallest absolute Gasteiger partial charge is 0.208 e. The van der Waals surface area contributed by atoms with Crippen LogP contribution in [0.1, 0.15) is 36.5 Å². The average molecular weight is 188 g/mol. The van der Waals surface area contributed by atoms with Crippen LogP contribution in [0.25, 0.3) is 0 Å². The zero-order chi connectivity index (χ0) is 10.3. The van der Waals surface area contributed by atoms with Crippen molar-refractivity contribution in [2.45, 2.75) is 25.7 Å². The molecule has 1 aliphatic rings. The second-order valence-electron chi connectivity index (χ2n) is 4.25. The molecule has 0 aromatic carbocycles. The highest BCUT2D eigenvalue weighted by Crippen LogP contribution is 2.35. The van der Waals surface area contributed by atoms with Gasteiger partial charge in [-0.15, -0.1) is 0 Å². The highest BCUT2D eigenvalue weighted by atomic mass is 16.1. The Labute approximate surface area is 82.9 Å². The fourth-order valence-corrected chi connectivity index (χ4v) is 1.86. The van der Waals surface area contributed by atoms with Crippen LogP contribution in [0.4, 0.5) is 0 Å². The van der Waals surface area contributed by atoms with Crippen molar-refractivity contribution in [1.29, 1.82) is 0 Å². The quantitative estimate of drug-likeness (QED) is 0.584. The Hall–Kier alpha value is -1.51. The predicted molar refractivity (Wildman–Crippen MR) is 53.1 cm³/mol. The number of allylic oxidation sites excluding steroid dienone is 1. The number of fused-ring (bicyclic) bond motifs is 1. The summed E-state index contributed by atoms with van der Waals surface area (Å²) < 4.78 is 0. The molecule has 1 heterocycles. The van der Waals surface area contributed by atoms with E-state index in [4.69, 9.17) is 0 Å². The molecule has 0 amide bonds. The predicted octanol–water partition coefficient (Wildman–Crippen LogP) is 1.90. The summed E-state index contributed by atoms with van der Waals surface area (Å²) in [7, 11) is 0. The molecule has 0 unspecified atom stereocenters. The second-order valence-corrected chi connectivity index (χ2v) is 4.25. The van der Waals surface area contributed by atoms with Crippen molar-refractivity contribution >= 4 is 5.78 Å². The van der Waals surface area contributed by atoms with Crippen LogP contribution in [0.2, 0.25) is 0 Å². The van der Waals surface area contributed by atoms with Gasteiger partial charge in [-0.05, 0) is 12.0 Å². The number of carbonyl (C=O) groups excluding carboxylic acids is 1. The minimum Gasteiger partial charge on any atom is -0.287 e. The normalized spacial score (nSPS) is 19.3. The van der Waals surface area contributed by atoms with E-state index < -0.39 is 0 Å². The lowest BCUT2D eigenvalue weighted by molar-refractivity contribution is 0.101. The van der Waals surface area contributed by atoms with Gasteiger partial charge in [-0.2, -0.15) is 0 Å². The number of ketones is 1. The summed E-state index contributed by atoms with van der Waals surface area (Å²) in [6.07, 6.45) is 3.84. The van der Waals surface area contributed by atoms with E-state index in [1.54, 1.807) is 12.4 Å². The van der Waals surface area contributed by atoms with Crippen LogP contribution < -0.4 is 0 Å². The van der Waals surface area contributed by atoms with Gasteiger partial charge in [0.15, 0.2) is 0 Å². The molecule has 0 N–H and O–H groups in total. The van der Waals surface area contributed by atoms with E-state index in [1.165, 1.54) is 0 Å². The fraction of sp³-hybridized carbons (Fsp3) is 0.364. The van der Waals surface area contributed by atoms with E-state index in [-0.39, 0.29) is 11.2 Å². The Balaban J connectivity index is 2.67. The summed E-state index contributed by atoms with van der Waals surface area (Å²) in [6.45, 7) is 7.88. The van der Waals surface area contributed by atoms with Gasteiger partial charge in [-0.3, -0.25) is 9.78 Å². The summed E-state index contributed by atoms with van der Waals surface area (Å²) in [6, 6.07) is 0. The molecular formula is C11H12N2O. The van der Waals surface area contributed by atoms with Crippen molar-refractivity contribution < 1.29 is 4.79 Å². The van der Waals surface area contributed by atoms with E-state index in [9.17, 15) is 4.79 Å². The SMILES string of the molecule is C=C1CC(C)(C)c2nccnc2C1=O. The molecule has 3 nitrogen and oxygen atoms in total. The molecule has 1 aliphatic carbocycles. The molecule has 0 aliphatic heterocycles. The first-order valence-electron chi connectivity index (χ1n) is 4.56. The number of carbonyl (C=O) groups is 1. The van der Waals surface area contributed by atoms with Gasteiger partial charge < -0.3 is 0 Å². The summed E-state index contributed by atoms with van der Waals surface area (Å²) >= 11 is 0. The maximum Gasteiger partial charge on any atom is 0.208 e. The minimum atomic E-state index is -0.130. The third-order valence-electron chi connectivity index (χ3n) is 2.53. The molecule has 72 valence electrons. The third kappa shape index (κ3) is 1.16. The second kappa shape index (κ2) is 2.74. The van der Waals surface area contributed by atoms with Crippen LogP contribution in [-0.2, 0) is 5.41 Å². The first kappa shape index (κ1) is 9.06. The Kier molecular flexibility index (Phi) is 1.77. The largest absolute Gasteiger partial charge is 0.287 e.